The molecule has 0 saturated heterocycles. The van der Waals surface area contributed by atoms with Gasteiger partial charge in [-0.2, -0.15) is 5.10 Å². The minimum absolute atomic E-state index is 0.0718. The van der Waals surface area contributed by atoms with E-state index in [2.05, 4.69) is 37.8 Å². The van der Waals surface area contributed by atoms with Crippen LogP contribution in [0.1, 0.15) is 17.3 Å². The Morgan fingerprint density at radius 1 is 1.62 bits per heavy atom. The summed E-state index contributed by atoms with van der Waals surface area (Å²) in [7, 11) is 3.81. The molecule has 3 nitrogen and oxygen atoms in total. The number of thiophene rings is 1. The number of rotatable bonds is 3. The molecular weight excluding hydrogens is 310 g/mol. The van der Waals surface area contributed by atoms with Crippen molar-refractivity contribution in [3.63, 3.8) is 0 Å². The molecule has 0 spiro atoms. The highest BCUT2D eigenvalue weighted by Crippen LogP contribution is 2.31. The van der Waals surface area contributed by atoms with Gasteiger partial charge in [-0.05, 0) is 40.0 Å². The summed E-state index contributed by atoms with van der Waals surface area (Å²) in [4.78, 5) is 0. The average Bonchev–Trinajstić information content (AvgIpc) is 2.80. The van der Waals surface area contributed by atoms with Crippen molar-refractivity contribution in [2.75, 3.05) is 7.05 Å². The lowest BCUT2D eigenvalue weighted by Gasteiger charge is -2.15. The number of hydrogen-bond acceptors (Lipinski definition) is 3. The van der Waals surface area contributed by atoms with E-state index in [1.807, 2.05) is 14.1 Å². The van der Waals surface area contributed by atoms with Crippen LogP contribution in [0.2, 0.25) is 5.02 Å². The van der Waals surface area contributed by atoms with Crippen LogP contribution in [-0.2, 0) is 7.05 Å². The lowest BCUT2D eigenvalue weighted by atomic mass is 10.1. The second-order valence-electron chi connectivity index (χ2n) is 3.41. The highest BCUT2D eigenvalue weighted by Gasteiger charge is 2.20. The van der Waals surface area contributed by atoms with Crippen molar-refractivity contribution < 1.29 is 0 Å². The molecule has 2 aromatic rings. The van der Waals surface area contributed by atoms with Crippen molar-refractivity contribution in [2.45, 2.75) is 6.04 Å². The van der Waals surface area contributed by atoms with Crippen LogP contribution in [0.5, 0.6) is 0 Å². The van der Waals surface area contributed by atoms with Gasteiger partial charge in [0.1, 0.15) is 0 Å². The number of aromatic nitrogens is 2. The van der Waals surface area contributed by atoms with Crippen molar-refractivity contribution in [3.8, 4) is 0 Å². The van der Waals surface area contributed by atoms with Crippen LogP contribution in [0.4, 0.5) is 0 Å². The first kappa shape index (κ1) is 12.1. The maximum absolute atomic E-state index is 6.14. The molecule has 1 N–H and O–H groups in total. The Bertz CT molecular complexity index is 474. The monoisotopic (exact) mass is 319 g/mol. The van der Waals surface area contributed by atoms with Crippen LogP contribution in [0.15, 0.2) is 21.4 Å². The largest absolute Gasteiger partial charge is 0.308 e. The number of halogens is 2. The molecule has 0 aliphatic heterocycles. The second-order valence-corrected chi connectivity index (χ2v) is 6.10. The SMILES string of the molecule is CNC(c1csc(Br)c1)c1c(Cl)cnn1C. The van der Waals surface area contributed by atoms with Crippen LogP contribution in [0, 0.1) is 0 Å². The maximum Gasteiger partial charge on any atom is 0.0837 e. The van der Waals surface area contributed by atoms with Gasteiger partial charge in [0.05, 0.1) is 26.7 Å². The first-order chi connectivity index (χ1) is 7.63. The van der Waals surface area contributed by atoms with E-state index in [0.717, 1.165) is 9.48 Å². The van der Waals surface area contributed by atoms with Crippen molar-refractivity contribution in [3.05, 3.63) is 37.7 Å². The Kier molecular flexibility index (Phi) is 3.69. The summed E-state index contributed by atoms with van der Waals surface area (Å²) in [6, 6.07) is 2.16. The molecule has 0 aliphatic rings. The molecule has 86 valence electrons. The van der Waals surface area contributed by atoms with E-state index in [1.165, 1.54) is 5.56 Å². The summed E-state index contributed by atoms with van der Waals surface area (Å²) in [5.41, 5.74) is 2.17. The van der Waals surface area contributed by atoms with Crippen LogP contribution < -0.4 is 5.32 Å². The Balaban J connectivity index is 2.44. The lowest BCUT2D eigenvalue weighted by molar-refractivity contribution is 0.607. The van der Waals surface area contributed by atoms with E-state index in [-0.39, 0.29) is 6.04 Å². The van der Waals surface area contributed by atoms with Crippen LogP contribution in [0.3, 0.4) is 0 Å². The van der Waals surface area contributed by atoms with E-state index >= 15 is 0 Å². The predicted octanol–water partition coefficient (Wildman–Crippen LogP) is 3.21. The molecule has 1 unspecified atom stereocenters. The van der Waals surface area contributed by atoms with Gasteiger partial charge in [-0.15, -0.1) is 11.3 Å². The molecule has 0 radical (unpaired) electrons. The van der Waals surface area contributed by atoms with E-state index in [0.29, 0.717) is 5.02 Å². The topological polar surface area (TPSA) is 29.9 Å². The molecular formula is C10H11BrClN3S. The van der Waals surface area contributed by atoms with Gasteiger partial charge < -0.3 is 5.32 Å². The second kappa shape index (κ2) is 4.87. The fourth-order valence-corrected chi connectivity index (χ4v) is 3.16. The van der Waals surface area contributed by atoms with Crippen LogP contribution >= 0.6 is 38.9 Å². The number of hydrogen-bond donors (Lipinski definition) is 1. The van der Waals surface area contributed by atoms with Crippen molar-refractivity contribution in [2.24, 2.45) is 7.05 Å². The predicted molar refractivity (Wildman–Crippen MR) is 71.1 cm³/mol. The Morgan fingerprint density at radius 3 is 2.81 bits per heavy atom. The van der Waals surface area contributed by atoms with Crippen molar-refractivity contribution in [1.29, 1.82) is 0 Å². The summed E-state index contributed by atoms with van der Waals surface area (Å²) >= 11 is 11.3. The summed E-state index contributed by atoms with van der Waals surface area (Å²) in [6.45, 7) is 0. The lowest BCUT2D eigenvalue weighted by Crippen LogP contribution is -2.20. The number of nitrogens with one attached hydrogen (secondary N) is 1. The van der Waals surface area contributed by atoms with E-state index in [4.69, 9.17) is 11.6 Å². The molecule has 2 rings (SSSR count). The zero-order chi connectivity index (χ0) is 11.7. The first-order valence-corrected chi connectivity index (χ1v) is 6.77. The first-order valence-electron chi connectivity index (χ1n) is 4.72. The summed E-state index contributed by atoms with van der Waals surface area (Å²) < 4.78 is 2.91. The van der Waals surface area contributed by atoms with E-state index < -0.39 is 0 Å². The minimum atomic E-state index is 0.0718. The molecule has 16 heavy (non-hydrogen) atoms. The van der Waals surface area contributed by atoms with Gasteiger partial charge in [0.25, 0.3) is 0 Å². The fourth-order valence-electron chi connectivity index (χ4n) is 1.68. The van der Waals surface area contributed by atoms with Crippen LogP contribution in [0.25, 0.3) is 0 Å². The molecule has 2 aromatic heterocycles. The van der Waals surface area contributed by atoms with E-state index in [1.54, 1.807) is 22.2 Å². The van der Waals surface area contributed by atoms with Crippen LogP contribution in [-0.4, -0.2) is 16.8 Å². The molecule has 6 heteroatoms. The summed E-state index contributed by atoms with van der Waals surface area (Å²) in [5.74, 6) is 0. The fraction of sp³-hybridized carbons (Fsp3) is 0.300. The van der Waals surface area contributed by atoms with Gasteiger partial charge in [-0.3, -0.25) is 4.68 Å². The molecule has 1 atom stereocenters. The minimum Gasteiger partial charge on any atom is -0.308 e. The normalized spacial score (nSPS) is 13.0. The Hall–Kier alpha value is -0.360. The Labute approximate surface area is 112 Å². The molecule has 0 bridgehead atoms. The van der Waals surface area contributed by atoms with Gasteiger partial charge in [0, 0.05) is 7.05 Å². The quantitative estimate of drug-likeness (QED) is 0.941. The third-order valence-electron chi connectivity index (χ3n) is 2.42. The van der Waals surface area contributed by atoms with Gasteiger partial charge in [-0.1, -0.05) is 11.6 Å². The highest BCUT2D eigenvalue weighted by atomic mass is 79.9. The maximum atomic E-state index is 6.14. The summed E-state index contributed by atoms with van der Waals surface area (Å²) in [6.07, 6.45) is 1.67. The molecule has 0 aliphatic carbocycles. The van der Waals surface area contributed by atoms with Gasteiger partial charge in [0.15, 0.2) is 0 Å². The van der Waals surface area contributed by atoms with Gasteiger partial charge in [-0.25, -0.2) is 0 Å². The zero-order valence-corrected chi connectivity index (χ0v) is 12.0. The van der Waals surface area contributed by atoms with E-state index in [9.17, 15) is 0 Å². The van der Waals surface area contributed by atoms with Gasteiger partial charge in [0.2, 0.25) is 0 Å². The standard InChI is InChI=1S/C10H11BrClN3S/c1-13-9(6-3-8(11)16-5-6)10-7(12)4-14-15(10)2/h3-5,9,13H,1-2H3. The third kappa shape index (κ3) is 2.18. The smallest absolute Gasteiger partial charge is 0.0837 e. The molecule has 0 aromatic carbocycles. The highest BCUT2D eigenvalue weighted by molar-refractivity contribution is 9.11. The molecule has 0 saturated carbocycles. The number of nitrogens with zero attached hydrogens (tertiary/aromatic N) is 2. The average molecular weight is 321 g/mol. The molecule has 0 fully saturated rings. The zero-order valence-electron chi connectivity index (χ0n) is 8.87. The van der Waals surface area contributed by atoms with Crippen molar-refractivity contribution in [1.82, 2.24) is 15.1 Å². The molecule has 0 amide bonds. The van der Waals surface area contributed by atoms with Crippen molar-refractivity contribution >= 4 is 38.9 Å². The number of aryl methyl sites for hydroxylation is 1. The van der Waals surface area contributed by atoms with Gasteiger partial charge >= 0.3 is 0 Å². The third-order valence-corrected chi connectivity index (χ3v) is 4.23. The summed E-state index contributed by atoms with van der Waals surface area (Å²) in [5, 5.41) is 10.2. The molecule has 2 heterocycles. The Morgan fingerprint density at radius 2 is 2.38 bits per heavy atom.